The lowest BCUT2D eigenvalue weighted by atomic mass is 9.95. The Hall–Kier alpha value is -1.16. The Kier molecular flexibility index (Phi) is 5.37. The Morgan fingerprint density at radius 3 is 2.38 bits per heavy atom. The molecule has 1 aliphatic rings. The van der Waals surface area contributed by atoms with E-state index in [-0.39, 0.29) is 0 Å². The summed E-state index contributed by atoms with van der Waals surface area (Å²) in [6.45, 7) is -1.10. The van der Waals surface area contributed by atoms with Crippen molar-refractivity contribution in [1.29, 1.82) is 0 Å². The monoisotopic (exact) mass is 333 g/mol. The molecule has 0 aromatic heterocycles. The molecule has 1 aliphatic carbocycles. The molecule has 0 aromatic rings. The first-order valence-electron chi connectivity index (χ1n) is 6.02. The van der Waals surface area contributed by atoms with Crippen molar-refractivity contribution in [3.63, 3.8) is 0 Å². The Morgan fingerprint density at radius 2 is 1.90 bits per heavy atom. The van der Waals surface area contributed by atoms with Crippen molar-refractivity contribution < 1.29 is 40.1 Å². The summed E-state index contributed by atoms with van der Waals surface area (Å²) in [6, 6.07) is 0. The summed E-state index contributed by atoms with van der Waals surface area (Å²) in [5.41, 5.74) is 0. The Balaban J connectivity index is 2.54. The number of rotatable bonds is 6. The lowest BCUT2D eigenvalue weighted by molar-refractivity contribution is -0.176. The Bertz CT molecular complexity index is 515. The van der Waals surface area contributed by atoms with Gasteiger partial charge in [-0.25, -0.2) is 8.42 Å². The molecule has 10 heteroatoms. The van der Waals surface area contributed by atoms with Crippen LogP contribution in [-0.4, -0.2) is 36.7 Å². The van der Waals surface area contributed by atoms with Crippen molar-refractivity contribution in [3.8, 4) is 0 Å². The topological polar surface area (TPSA) is 83.5 Å². The molecular weight excluding hydrogens is 320 g/mol. The number of esters is 1. The molecule has 0 aliphatic heterocycles. The van der Waals surface area contributed by atoms with E-state index in [0.29, 0.717) is 19.3 Å². The fraction of sp³-hybridized carbons (Fsp3) is 0.727. The fourth-order valence-electron chi connectivity index (χ4n) is 1.73. The van der Waals surface area contributed by atoms with Gasteiger partial charge in [-0.2, -0.15) is 17.6 Å². The van der Waals surface area contributed by atoms with Gasteiger partial charge in [0, 0.05) is 0 Å². The van der Waals surface area contributed by atoms with E-state index >= 15 is 0 Å². The quantitative estimate of drug-likeness (QED) is 0.321. The highest BCUT2D eigenvalue weighted by atomic mass is 32.2. The maximum absolute atomic E-state index is 13.1. The molecule has 0 N–H and O–H groups in total. The van der Waals surface area contributed by atoms with E-state index in [1.54, 1.807) is 6.08 Å². The number of ether oxygens (including phenoxy) is 1. The van der Waals surface area contributed by atoms with E-state index in [9.17, 15) is 35.3 Å². The molecule has 0 saturated carbocycles. The average molecular weight is 333 g/mol. The van der Waals surface area contributed by atoms with E-state index in [1.165, 1.54) is 0 Å². The van der Waals surface area contributed by atoms with Crippen molar-refractivity contribution in [2.45, 2.75) is 36.9 Å². The molecule has 0 bridgehead atoms. The number of hydrogen-bond donors (Lipinski definition) is 0. The summed E-state index contributed by atoms with van der Waals surface area (Å²) in [5.74, 6) is -6.46. The van der Waals surface area contributed by atoms with Crippen LogP contribution in [0.25, 0.3) is 0 Å². The van der Waals surface area contributed by atoms with Gasteiger partial charge >= 0.3 is 17.1 Å². The predicted molar refractivity (Wildman–Crippen MR) is 61.6 cm³/mol. The Morgan fingerprint density at radius 1 is 1.29 bits per heavy atom. The molecule has 0 spiro atoms. The highest BCUT2D eigenvalue weighted by Gasteiger charge is 2.61. The van der Waals surface area contributed by atoms with Crippen LogP contribution >= 0.6 is 0 Å². The highest BCUT2D eigenvalue weighted by Crippen LogP contribution is 2.40. The molecule has 0 heterocycles. The van der Waals surface area contributed by atoms with Gasteiger partial charge in [-0.15, -0.1) is 0 Å². The number of allylic oxidation sites excluding steroid dienone is 2. The Labute approximate surface area is 118 Å². The molecular formula is C11H13F4O5S-. The smallest absolute Gasteiger partial charge is 0.396 e. The van der Waals surface area contributed by atoms with Crippen LogP contribution in [0.15, 0.2) is 12.2 Å². The number of alkyl halides is 4. The molecule has 0 saturated heterocycles. The molecule has 0 radical (unpaired) electrons. The van der Waals surface area contributed by atoms with Crippen molar-refractivity contribution >= 4 is 16.1 Å². The molecule has 1 rings (SSSR count). The van der Waals surface area contributed by atoms with Crippen LogP contribution in [0.3, 0.4) is 0 Å². The summed E-state index contributed by atoms with van der Waals surface area (Å²) in [5, 5.41) is -5.75. The van der Waals surface area contributed by atoms with Gasteiger partial charge in [0.25, 0.3) is 0 Å². The second-order valence-corrected chi connectivity index (χ2v) is 6.00. The van der Waals surface area contributed by atoms with Gasteiger partial charge < -0.3 is 9.29 Å². The second-order valence-electron chi connectivity index (χ2n) is 4.57. The minimum absolute atomic E-state index is 0.361. The van der Waals surface area contributed by atoms with Crippen LogP contribution in [0.2, 0.25) is 0 Å². The molecule has 21 heavy (non-hydrogen) atoms. The predicted octanol–water partition coefficient (Wildman–Crippen LogP) is 2.05. The number of carbonyl (C=O) groups is 1. The van der Waals surface area contributed by atoms with Crippen LogP contribution in [0.4, 0.5) is 17.6 Å². The van der Waals surface area contributed by atoms with Crippen LogP contribution in [0, 0.1) is 5.92 Å². The first-order valence-corrected chi connectivity index (χ1v) is 7.42. The van der Waals surface area contributed by atoms with Crippen LogP contribution < -0.4 is 0 Å². The third kappa shape index (κ3) is 4.16. The molecule has 0 fully saturated rings. The normalized spacial score (nSPS) is 20.3. The summed E-state index contributed by atoms with van der Waals surface area (Å²) >= 11 is 0. The highest BCUT2D eigenvalue weighted by molar-refractivity contribution is 7.86. The van der Waals surface area contributed by atoms with Crippen LogP contribution in [0.1, 0.15) is 25.7 Å². The largest absolute Gasteiger partial charge is 0.743 e. The minimum atomic E-state index is -6.51. The zero-order valence-electron chi connectivity index (χ0n) is 10.7. The number of halogens is 4. The first-order chi connectivity index (χ1) is 9.49. The standard InChI is InChI=1S/C11H14F4O5S/c12-10(13,11(14,15)21(17,18)19)6-7-20-9(16)8-4-2-1-3-5-8/h1-2,8H,3-7H2,(H,17,18,19)/p-1. The van der Waals surface area contributed by atoms with E-state index < -0.39 is 46.2 Å². The summed E-state index contributed by atoms with van der Waals surface area (Å²) in [4.78, 5) is 11.5. The summed E-state index contributed by atoms with van der Waals surface area (Å²) in [7, 11) is -6.51. The minimum Gasteiger partial charge on any atom is -0.743 e. The van der Waals surface area contributed by atoms with Crippen molar-refractivity contribution in [2.75, 3.05) is 6.61 Å². The van der Waals surface area contributed by atoms with Crippen LogP contribution in [0.5, 0.6) is 0 Å². The van der Waals surface area contributed by atoms with Gasteiger partial charge in [-0.1, -0.05) is 12.2 Å². The summed E-state index contributed by atoms with van der Waals surface area (Å²) in [6.07, 6.45) is 3.22. The molecule has 122 valence electrons. The van der Waals surface area contributed by atoms with Crippen molar-refractivity contribution in [1.82, 2.24) is 0 Å². The lowest BCUT2D eigenvalue weighted by Gasteiger charge is -2.28. The van der Waals surface area contributed by atoms with E-state index in [1.807, 2.05) is 6.08 Å². The molecule has 1 unspecified atom stereocenters. The van der Waals surface area contributed by atoms with Gasteiger partial charge in [-0.05, 0) is 19.3 Å². The molecule has 5 nitrogen and oxygen atoms in total. The molecule has 1 atom stereocenters. The van der Waals surface area contributed by atoms with Gasteiger partial charge in [0.05, 0.1) is 18.9 Å². The van der Waals surface area contributed by atoms with Crippen molar-refractivity contribution in [3.05, 3.63) is 12.2 Å². The third-order valence-corrected chi connectivity index (χ3v) is 3.93. The lowest BCUT2D eigenvalue weighted by Crippen LogP contribution is -2.47. The van der Waals surface area contributed by atoms with Crippen molar-refractivity contribution in [2.24, 2.45) is 5.92 Å². The average Bonchev–Trinajstić information content (AvgIpc) is 2.38. The first kappa shape index (κ1) is 17.9. The van der Waals surface area contributed by atoms with E-state index in [4.69, 9.17) is 0 Å². The summed E-state index contributed by atoms with van der Waals surface area (Å²) < 4.78 is 86.6. The SMILES string of the molecule is O=C(OCCC(F)(F)C(F)(F)S(=O)(=O)[O-])C1CC=CCC1. The molecule has 0 amide bonds. The second kappa shape index (κ2) is 6.30. The van der Waals surface area contributed by atoms with E-state index in [2.05, 4.69) is 4.74 Å². The maximum atomic E-state index is 13.1. The number of hydrogen-bond acceptors (Lipinski definition) is 5. The van der Waals surface area contributed by atoms with Gasteiger partial charge in [-0.3, -0.25) is 4.79 Å². The molecule has 0 aromatic carbocycles. The fourth-order valence-corrected chi connectivity index (χ4v) is 2.20. The van der Waals surface area contributed by atoms with Gasteiger partial charge in [0.15, 0.2) is 10.1 Å². The third-order valence-electron chi connectivity index (χ3n) is 3.00. The van der Waals surface area contributed by atoms with Gasteiger partial charge in [0.2, 0.25) is 0 Å². The van der Waals surface area contributed by atoms with Crippen LogP contribution in [-0.2, 0) is 19.6 Å². The zero-order valence-corrected chi connectivity index (χ0v) is 11.5. The van der Waals surface area contributed by atoms with Gasteiger partial charge in [0.1, 0.15) is 0 Å². The van der Waals surface area contributed by atoms with E-state index in [0.717, 1.165) is 0 Å². The maximum Gasteiger partial charge on any atom is 0.396 e. The zero-order chi connectivity index (χ0) is 16.3. The number of carbonyl (C=O) groups excluding carboxylic acids is 1.